The summed E-state index contributed by atoms with van der Waals surface area (Å²) < 4.78 is 31.7. The molecule has 0 saturated carbocycles. The fourth-order valence-corrected chi connectivity index (χ4v) is 2.89. The van der Waals surface area contributed by atoms with Gasteiger partial charge < -0.3 is 9.84 Å². The predicted molar refractivity (Wildman–Crippen MR) is 70.6 cm³/mol. The van der Waals surface area contributed by atoms with Crippen LogP contribution >= 0.6 is 0 Å². The minimum absolute atomic E-state index is 0.0484. The summed E-state index contributed by atoms with van der Waals surface area (Å²) in [6, 6.07) is 5.48. The number of phenolic OH excluding ortho intramolecular Hbond substituents is 1. The van der Waals surface area contributed by atoms with Gasteiger partial charge in [0, 0.05) is 26.2 Å². The zero-order valence-electron chi connectivity index (χ0n) is 10.6. The van der Waals surface area contributed by atoms with Gasteiger partial charge in [0.1, 0.15) is 5.75 Å². The molecule has 1 heterocycles. The first-order valence-corrected chi connectivity index (χ1v) is 7.65. The number of benzene rings is 1. The lowest BCUT2D eigenvalue weighted by Gasteiger charge is -2.26. The highest BCUT2D eigenvalue weighted by Gasteiger charge is 2.15. The molecule has 0 aliphatic carbocycles. The van der Waals surface area contributed by atoms with Crippen molar-refractivity contribution in [3.63, 3.8) is 0 Å². The summed E-state index contributed by atoms with van der Waals surface area (Å²) in [6.07, 6.45) is 0. The summed E-state index contributed by atoms with van der Waals surface area (Å²) in [4.78, 5) is 2.32. The van der Waals surface area contributed by atoms with Crippen LogP contribution in [0.2, 0.25) is 0 Å². The molecule has 6 nitrogen and oxygen atoms in total. The molecule has 1 saturated heterocycles. The number of nitrogens with zero attached hydrogens (tertiary/aromatic N) is 1. The molecule has 0 radical (unpaired) electrons. The van der Waals surface area contributed by atoms with Gasteiger partial charge in [0.25, 0.3) is 0 Å². The molecule has 0 unspecified atom stereocenters. The Morgan fingerprint density at radius 1 is 1.21 bits per heavy atom. The van der Waals surface area contributed by atoms with Crippen LogP contribution in [0.15, 0.2) is 29.2 Å². The van der Waals surface area contributed by atoms with Crippen molar-refractivity contribution in [2.45, 2.75) is 4.90 Å². The summed E-state index contributed by atoms with van der Waals surface area (Å²) in [5, 5.41) is 9.13. The van der Waals surface area contributed by atoms with Crippen molar-refractivity contribution < 1.29 is 18.3 Å². The summed E-state index contributed by atoms with van der Waals surface area (Å²) in [6.45, 7) is 4.10. The van der Waals surface area contributed by atoms with Crippen molar-refractivity contribution in [3.8, 4) is 5.75 Å². The third kappa shape index (κ3) is 4.17. The minimum Gasteiger partial charge on any atom is -0.508 e. The van der Waals surface area contributed by atoms with Crippen LogP contribution in [0, 0.1) is 0 Å². The average Bonchev–Trinajstić information content (AvgIpc) is 2.40. The molecule has 2 rings (SSSR count). The molecule has 1 aliphatic heterocycles. The van der Waals surface area contributed by atoms with Crippen LogP contribution in [0.3, 0.4) is 0 Å². The lowest BCUT2D eigenvalue weighted by molar-refractivity contribution is 0.0390. The number of sulfonamides is 1. The Hall–Kier alpha value is -1.15. The molecule has 106 valence electrons. The maximum atomic E-state index is 11.9. The van der Waals surface area contributed by atoms with Crippen LogP contribution in [0.25, 0.3) is 0 Å². The maximum absolute atomic E-state index is 11.9. The van der Waals surface area contributed by atoms with E-state index >= 15 is 0 Å². The summed E-state index contributed by atoms with van der Waals surface area (Å²) in [7, 11) is -3.50. The lowest BCUT2D eigenvalue weighted by atomic mass is 10.3. The molecular weight excluding hydrogens is 268 g/mol. The van der Waals surface area contributed by atoms with Crippen molar-refractivity contribution in [3.05, 3.63) is 24.3 Å². The van der Waals surface area contributed by atoms with E-state index in [0.717, 1.165) is 13.1 Å². The van der Waals surface area contributed by atoms with E-state index in [4.69, 9.17) is 9.84 Å². The van der Waals surface area contributed by atoms with Crippen LogP contribution in [0.5, 0.6) is 5.75 Å². The van der Waals surface area contributed by atoms with Crippen LogP contribution in [-0.4, -0.2) is 57.8 Å². The molecule has 19 heavy (non-hydrogen) atoms. The molecule has 0 atom stereocenters. The second-order valence-electron chi connectivity index (χ2n) is 4.35. The topological polar surface area (TPSA) is 78.9 Å². The first-order valence-electron chi connectivity index (χ1n) is 6.17. The first-order chi connectivity index (χ1) is 9.08. The predicted octanol–water partition coefficient (Wildman–Crippen LogP) is 0.00270. The molecule has 0 spiro atoms. The molecule has 1 aromatic carbocycles. The highest BCUT2D eigenvalue weighted by Crippen LogP contribution is 2.13. The van der Waals surface area contributed by atoms with E-state index < -0.39 is 10.0 Å². The van der Waals surface area contributed by atoms with Gasteiger partial charge in [-0.2, -0.15) is 0 Å². The van der Waals surface area contributed by atoms with E-state index in [-0.39, 0.29) is 10.6 Å². The van der Waals surface area contributed by atoms with E-state index in [1.54, 1.807) is 0 Å². The quantitative estimate of drug-likeness (QED) is 0.797. The Kier molecular flexibility index (Phi) is 4.76. The normalized spacial score (nSPS) is 17.5. The van der Waals surface area contributed by atoms with E-state index in [9.17, 15) is 8.42 Å². The van der Waals surface area contributed by atoms with Crippen LogP contribution in [0.4, 0.5) is 0 Å². The Balaban J connectivity index is 1.85. The van der Waals surface area contributed by atoms with Gasteiger partial charge in [0.15, 0.2) is 0 Å². The largest absolute Gasteiger partial charge is 0.508 e. The first kappa shape index (κ1) is 14.3. The van der Waals surface area contributed by atoms with E-state index in [2.05, 4.69) is 9.62 Å². The number of ether oxygens (including phenoxy) is 1. The maximum Gasteiger partial charge on any atom is 0.240 e. The molecule has 0 aromatic heterocycles. The van der Waals surface area contributed by atoms with Crippen molar-refractivity contribution >= 4 is 10.0 Å². The smallest absolute Gasteiger partial charge is 0.240 e. The number of morpholine rings is 1. The second kappa shape index (κ2) is 6.33. The molecule has 1 fully saturated rings. The number of phenols is 1. The third-order valence-corrected chi connectivity index (χ3v) is 4.45. The summed E-state index contributed by atoms with van der Waals surface area (Å²) >= 11 is 0. The number of hydrogen-bond acceptors (Lipinski definition) is 5. The van der Waals surface area contributed by atoms with Crippen molar-refractivity contribution in [1.82, 2.24) is 9.62 Å². The van der Waals surface area contributed by atoms with Crippen LogP contribution in [-0.2, 0) is 14.8 Å². The SMILES string of the molecule is O=S(=O)(NCCN1CCOCC1)c1ccc(O)cc1. The van der Waals surface area contributed by atoms with Gasteiger partial charge in [-0.05, 0) is 24.3 Å². The van der Waals surface area contributed by atoms with Gasteiger partial charge >= 0.3 is 0 Å². The summed E-state index contributed by atoms with van der Waals surface area (Å²) in [5.74, 6) is 0.0484. The summed E-state index contributed by atoms with van der Waals surface area (Å²) in [5.41, 5.74) is 0. The Morgan fingerprint density at radius 3 is 2.47 bits per heavy atom. The molecule has 7 heteroatoms. The molecule has 1 aliphatic rings. The number of nitrogens with one attached hydrogen (secondary N) is 1. The monoisotopic (exact) mass is 286 g/mol. The van der Waals surface area contributed by atoms with Crippen LogP contribution in [0.1, 0.15) is 0 Å². The standard InChI is InChI=1S/C12H18N2O4S/c15-11-1-3-12(4-2-11)19(16,17)13-5-6-14-7-9-18-10-8-14/h1-4,13,15H,5-10H2. The lowest BCUT2D eigenvalue weighted by Crippen LogP contribution is -2.41. The molecule has 2 N–H and O–H groups in total. The second-order valence-corrected chi connectivity index (χ2v) is 6.11. The van der Waals surface area contributed by atoms with Gasteiger partial charge in [-0.1, -0.05) is 0 Å². The third-order valence-electron chi connectivity index (χ3n) is 2.97. The zero-order valence-corrected chi connectivity index (χ0v) is 11.4. The fraction of sp³-hybridized carbons (Fsp3) is 0.500. The number of hydrogen-bond donors (Lipinski definition) is 2. The van der Waals surface area contributed by atoms with Crippen molar-refractivity contribution in [2.75, 3.05) is 39.4 Å². The molecule has 1 aromatic rings. The average molecular weight is 286 g/mol. The molecule has 0 bridgehead atoms. The Bertz CT molecular complexity index is 495. The Labute approximate surface area is 113 Å². The number of aromatic hydroxyl groups is 1. The zero-order chi connectivity index (χ0) is 13.7. The van der Waals surface area contributed by atoms with Crippen molar-refractivity contribution in [1.29, 1.82) is 0 Å². The van der Waals surface area contributed by atoms with Crippen molar-refractivity contribution in [2.24, 2.45) is 0 Å². The van der Waals surface area contributed by atoms with E-state index in [0.29, 0.717) is 26.3 Å². The van der Waals surface area contributed by atoms with Crippen LogP contribution < -0.4 is 4.72 Å². The van der Waals surface area contributed by atoms with Gasteiger partial charge in [-0.15, -0.1) is 0 Å². The van der Waals surface area contributed by atoms with Gasteiger partial charge in [0.05, 0.1) is 18.1 Å². The fourth-order valence-electron chi connectivity index (χ4n) is 1.87. The van der Waals surface area contributed by atoms with Gasteiger partial charge in [-0.3, -0.25) is 4.90 Å². The van der Waals surface area contributed by atoms with Gasteiger partial charge in [-0.25, -0.2) is 13.1 Å². The Morgan fingerprint density at radius 2 is 1.84 bits per heavy atom. The molecular formula is C12H18N2O4S. The highest BCUT2D eigenvalue weighted by atomic mass is 32.2. The van der Waals surface area contributed by atoms with E-state index in [1.165, 1.54) is 24.3 Å². The minimum atomic E-state index is -3.50. The highest BCUT2D eigenvalue weighted by molar-refractivity contribution is 7.89. The molecule has 0 amide bonds. The van der Waals surface area contributed by atoms with Gasteiger partial charge in [0.2, 0.25) is 10.0 Å². The number of rotatable bonds is 5. The van der Waals surface area contributed by atoms with E-state index in [1.807, 2.05) is 0 Å².